The Labute approximate surface area is 139 Å². The highest BCUT2D eigenvalue weighted by Gasteiger charge is 2.14. The first-order valence-corrected chi connectivity index (χ1v) is 7.53. The molecular formula is C15H12Br2O4. The van der Waals surface area contributed by atoms with Gasteiger partial charge in [-0.3, -0.25) is 0 Å². The Kier molecular flexibility index (Phi) is 5.25. The summed E-state index contributed by atoms with van der Waals surface area (Å²) in [5, 5.41) is 0. The van der Waals surface area contributed by atoms with Gasteiger partial charge < -0.3 is 14.2 Å². The molecular weight excluding hydrogens is 404 g/mol. The van der Waals surface area contributed by atoms with Crippen LogP contribution in [0.3, 0.4) is 0 Å². The highest BCUT2D eigenvalue weighted by Crippen LogP contribution is 2.31. The van der Waals surface area contributed by atoms with Gasteiger partial charge in [-0.2, -0.15) is 0 Å². The van der Waals surface area contributed by atoms with E-state index in [4.69, 9.17) is 14.2 Å². The number of ether oxygens (including phenoxy) is 3. The van der Waals surface area contributed by atoms with Crippen LogP contribution in [0.25, 0.3) is 0 Å². The molecule has 0 atom stereocenters. The van der Waals surface area contributed by atoms with Gasteiger partial charge in [-0.15, -0.1) is 0 Å². The van der Waals surface area contributed by atoms with Crippen LogP contribution in [0.4, 0.5) is 0 Å². The number of hydrogen-bond acceptors (Lipinski definition) is 4. The van der Waals surface area contributed by atoms with Crippen LogP contribution in [0.2, 0.25) is 0 Å². The molecule has 0 unspecified atom stereocenters. The van der Waals surface area contributed by atoms with E-state index >= 15 is 0 Å². The van der Waals surface area contributed by atoms with E-state index in [1.165, 1.54) is 14.2 Å². The van der Waals surface area contributed by atoms with E-state index in [1.807, 2.05) is 0 Å². The van der Waals surface area contributed by atoms with Crippen molar-refractivity contribution in [3.05, 3.63) is 50.9 Å². The highest BCUT2D eigenvalue weighted by atomic mass is 79.9. The summed E-state index contributed by atoms with van der Waals surface area (Å²) < 4.78 is 17.2. The molecule has 0 saturated heterocycles. The molecule has 2 aromatic rings. The van der Waals surface area contributed by atoms with Crippen molar-refractivity contribution in [3.8, 4) is 17.2 Å². The number of methoxy groups -OCH3 is 2. The fourth-order valence-electron chi connectivity index (χ4n) is 1.68. The molecule has 0 aliphatic carbocycles. The van der Waals surface area contributed by atoms with Gasteiger partial charge in [0, 0.05) is 4.47 Å². The minimum atomic E-state index is -0.473. The normalized spacial score (nSPS) is 10.1. The molecule has 0 bridgehead atoms. The Morgan fingerprint density at radius 1 is 0.905 bits per heavy atom. The average Bonchev–Trinajstić information content (AvgIpc) is 2.49. The lowest BCUT2D eigenvalue weighted by Gasteiger charge is -2.10. The zero-order valence-corrected chi connectivity index (χ0v) is 14.5. The molecule has 0 N–H and O–H groups in total. The first-order valence-electron chi connectivity index (χ1n) is 5.94. The molecule has 21 heavy (non-hydrogen) atoms. The monoisotopic (exact) mass is 414 g/mol. The summed E-state index contributed by atoms with van der Waals surface area (Å²) in [4.78, 5) is 12.2. The van der Waals surface area contributed by atoms with Gasteiger partial charge in [-0.25, -0.2) is 4.79 Å². The molecule has 0 amide bonds. The van der Waals surface area contributed by atoms with Crippen molar-refractivity contribution in [3.63, 3.8) is 0 Å². The molecule has 110 valence electrons. The number of rotatable bonds is 4. The van der Waals surface area contributed by atoms with Crippen LogP contribution in [0.5, 0.6) is 17.2 Å². The zero-order chi connectivity index (χ0) is 15.4. The third-order valence-electron chi connectivity index (χ3n) is 2.72. The fourth-order valence-corrected chi connectivity index (χ4v) is 2.81. The topological polar surface area (TPSA) is 44.8 Å². The summed E-state index contributed by atoms with van der Waals surface area (Å²) in [6.07, 6.45) is 0. The minimum absolute atomic E-state index is 0.377. The zero-order valence-electron chi connectivity index (χ0n) is 11.4. The van der Waals surface area contributed by atoms with Crippen LogP contribution in [0, 0.1) is 0 Å². The molecule has 6 heteroatoms. The SMILES string of the molecule is COc1ccc(C(=O)Oc2ccc(Br)cc2Br)cc1OC. The number of carbonyl (C=O) groups excluding carboxylic acids is 1. The average molecular weight is 416 g/mol. The van der Waals surface area contributed by atoms with Crippen molar-refractivity contribution in [2.45, 2.75) is 0 Å². The van der Waals surface area contributed by atoms with Gasteiger partial charge in [0.05, 0.1) is 24.3 Å². The van der Waals surface area contributed by atoms with E-state index < -0.39 is 5.97 Å². The molecule has 0 radical (unpaired) electrons. The number of benzene rings is 2. The second kappa shape index (κ2) is 6.95. The molecule has 0 spiro atoms. The van der Waals surface area contributed by atoms with Gasteiger partial charge in [0.2, 0.25) is 0 Å². The first-order chi connectivity index (χ1) is 10.0. The molecule has 4 nitrogen and oxygen atoms in total. The molecule has 0 aliphatic rings. The van der Waals surface area contributed by atoms with Gasteiger partial charge in [-0.1, -0.05) is 15.9 Å². The van der Waals surface area contributed by atoms with Crippen LogP contribution < -0.4 is 14.2 Å². The van der Waals surface area contributed by atoms with E-state index in [0.29, 0.717) is 27.3 Å². The van der Waals surface area contributed by atoms with E-state index in [-0.39, 0.29) is 0 Å². The number of hydrogen-bond donors (Lipinski definition) is 0. The summed E-state index contributed by atoms with van der Waals surface area (Å²) in [7, 11) is 3.05. The second-order valence-electron chi connectivity index (χ2n) is 4.03. The van der Waals surface area contributed by atoms with Crippen LogP contribution in [-0.4, -0.2) is 20.2 Å². The van der Waals surface area contributed by atoms with Crippen LogP contribution in [-0.2, 0) is 0 Å². The summed E-state index contributed by atoms with van der Waals surface area (Å²) in [5.74, 6) is 0.998. The van der Waals surface area contributed by atoms with Crippen molar-refractivity contribution in [1.29, 1.82) is 0 Å². The molecule has 2 rings (SSSR count). The molecule has 0 aromatic heterocycles. The van der Waals surface area contributed by atoms with Crippen molar-refractivity contribution >= 4 is 37.8 Å². The predicted molar refractivity (Wildman–Crippen MR) is 86.3 cm³/mol. The van der Waals surface area contributed by atoms with E-state index in [0.717, 1.165) is 4.47 Å². The van der Waals surface area contributed by atoms with Crippen molar-refractivity contribution in [1.82, 2.24) is 0 Å². The molecule has 0 fully saturated rings. The maximum absolute atomic E-state index is 12.2. The summed E-state index contributed by atoms with van der Waals surface area (Å²) in [6.45, 7) is 0. The third kappa shape index (κ3) is 3.77. The minimum Gasteiger partial charge on any atom is -0.493 e. The number of esters is 1. The molecule has 0 aliphatic heterocycles. The summed E-state index contributed by atoms with van der Waals surface area (Å²) >= 11 is 6.69. The fraction of sp³-hybridized carbons (Fsp3) is 0.133. The number of carbonyl (C=O) groups is 1. The standard InChI is InChI=1S/C15H12Br2O4/c1-19-13-5-3-9(7-14(13)20-2)15(18)21-12-6-4-10(16)8-11(12)17/h3-8H,1-2H3. The van der Waals surface area contributed by atoms with Crippen LogP contribution in [0.15, 0.2) is 45.3 Å². The van der Waals surface area contributed by atoms with Crippen LogP contribution in [0.1, 0.15) is 10.4 Å². The second-order valence-corrected chi connectivity index (χ2v) is 5.80. The highest BCUT2D eigenvalue weighted by molar-refractivity contribution is 9.11. The predicted octanol–water partition coefficient (Wildman–Crippen LogP) is 4.45. The lowest BCUT2D eigenvalue weighted by Crippen LogP contribution is -2.09. The van der Waals surface area contributed by atoms with Gasteiger partial charge in [-0.05, 0) is 52.3 Å². The Morgan fingerprint density at radius 3 is 2.19 bits per heavy atom. The van der Waals surface area contributed by atoms with E-state index in [9.17, 15) is 4.79 Å². The van der Waals surface area contributed by atoms with Gasteiger partial charge in [0.1, 0.15) is 5.75 Å². The molecule has 2 aromatic carbocycles. The lowest BCUT2D eigenvalue weighted by molar-refractivity contribution is 0.0733. The largest absolute Gasteiger partial charge is 0.493 e. The Morgan fingerprint density at radius 2 is 1.57 bits per heavy atom. The lowest BCUT2D eigenvalue weighted by atomic mass is 10.2. The van der Waals surface area contributed by atoms with Crippen molar-refractivity contribution < 1.29 is 19.0 Å². The quantitative estimate of drug-likeness (QED) is 0.546. The van der Waals surface area contributed by atoms with E-state index in [2.05, 4.69) is 31.9 Å². The molecule has 0 heterocycles. The molecule has 0 saturated carbocycles. The Bertz CT molecular complexity index is 671. The Hall–Kier alpha value is -1.53. The summed E-state index contributed by atoms with van der Waals surface area (Å²) in [6, 6.07) is 10.2. The van der Waals surface area contributed by atoms with Crippen LogP contribution >= 0.6 is 31.9 Å². The first kappa shape index (κ1) is 15.9. The summed E-state index contributed by atoms with van der Waals surface area (Å²) in [5.41, 5.74) is 0.377. The van der Waals surface area contributed by atoms with Crippen molar-refractivity contribution in [2.75, 3.05) is 14.2 Å². The third-order valence-corrected chi connectivity index (χ3v) is 3.83. The smallest absolute Gasteiger partial charge is 0.343 e. The maximum Gasteiger partial charge on any atom is 0.343 e. The Balaban J connectivity index is 2.24. The van der Waals surface area contributed by atoms with E-state index in [1.54, 1.807) is 36.4 Å². The van der Waals surface area contributed by atoms with Gasteiger partial charge in [0.25, 0.3) is 0 Å². The maximum atomic E-state index is 12.2. The van der Waals surface area contributed by atoms with Crippen molar-refractivity contribution in [2.24, 2.45) is 0 Å². The number of halogens is 2. The van der Waals surface area contributed by atoms with Gasteiger partial charge >= 0.3 is 5.97 Å². The van der Waals surface area contributed by atoms with Gasteiger partial charge in [0.15, 0.2) is 11.5 Å².